The SMILES string of the molecule is CCc1nn(-c2[c-]c(Oc3[c-]c4c(cc3)c3ccccc3n4-c3cc(C)ccn3)ccc2)c(CC)c1-c1cccc(C)c1.[Pt+2]. The van der Waals surface area contributed by atoms with Gasteiger partial charge in [-0.15, -0.1) is 35.7 Å². The second-order valence-electron chi connectivity index (χ2n) is 10.9. The van der Waals surface area contributed by atoms with E-state index in [2.05, 4.69) is 110 Å². The van der Waals surface area contributed by atoms with Crippen LogP contribution in [-0.2, 0) is 33.9 Å². The van der Waals surface area contributed by atoms with Crippen LogP contribution in [0.3, 0.4) is 0 Å². The molecule has 0 atom stereocenters. The van der Waals surface area contributed by atoms with E-state index in [0.29, 0.717) is 11.5 Å². The molecule has 0 saturated carbocycles. The fraction of sp³-hybridized carbons (Fsp3) is 0.158. The van der Waals surface area contributed by atoms with Gasteiger partial charge < -0.3 is 9.30 Å². The van der Waals surface area contributed by atoms with Gasteiger partial charge in [-0.3, -0.25) is 4.68 Å². The average Bonchev–Trinajstić information content (AvgIpc) is 3.57. The summed E-state index contributed by atoms with van der Waals surface area (Å²) in [6.07, 6.45) is 3.54. The third kappa shape index (κ3) is 5.26. The summed E-state index contributed by atoms with van der Waals surface area (Å²) in [4.78, 5) is 4.69. The molecule has 0 aliphatic rings. The van der Waals surface area contributed by atoms with Gasteiger partial charge in [0.1, 0.15) is 5.82 Å². The van der Waals surface area contributed by atoms with Crippen molar-refractivity contribution in [1.29, 1.82) is 0 Å². The van der Waals surface area contributed by atoms with Crippen LogP contribution in [0.5, 0.6) is 11.5 Å². The fourth-order valence-corrected chi connectivity index (χ4v) is 5.96. The van der Waals surface area contributed by atoms with E-state index < -0.39 is 0 Å². The first kappa shape index (κ1) is 29.6. The van der Waals surface area contributed by atoms with Crippen LogP contribution in [0.25, 0.3) is 44.4 Å². The predicted molar refractivity (Wildman–Crippen MR) is 174 cm³/mol. The van der Waals surface area contributed by atoms with E-state index in [1.54, 1.807) is 0 Å². The number of hydrogen-bond acceptors (Lipinski definition) is 3. The van der Waals surface area contributed by atoms with E-state index in [0.717, 1.165) is 57.4 Å². The molecule has 0 fully saturated rings. The minimum absolute atomic E-state index is 0. The van der Waals surface area contributed by atoms with Gasteiger partial charge in [-0.1, -0.05) is 67.4 Å². The van der Waals surface area contributed by atoms with Crippen molar-refractivity contribution in [3.63, 3.8) is 0 Å². The number of aromatic nitrogens is 4. The molecule has 0 unspecified atom stereocenters. The van der Waals surface area contributed by atoms with Crippen LogP contribution >= 0.6 is 0 Å². The largest absolute Gasteiger partial charge is 2.00 e. The van der Waals surface area contributed by atoms with Gasteiger partial charge in [-0.25, -0.2) is 4.98 Å². The third-order valence-electron chi connectivity index (χ3n) is 7.92. The Morgan fingerprint density at radius 1 is 0.750 bits per heavy atom. The maximum atomic E-state index is 6.41. The molecule has 4 aromatic carbocycles. The Bertz CT molecular complexity index is 2120. The molecule has 220 valence electrons. The van der Waals surface area contributed by atoms with Crippen LogP contribution in [-0.4, -0.2) is 19.3 Å². The molecule has 0 spiro atoms. The molecule has 6 heteroatoms. The van der Waals surface area contributed by atoms with E-state index in [1.165, 1.54) is 22.4 Å². The Kier molecular flexibility index (Phi) is 8.25. The van der Waals surface area contributed by atoms with Crippen molar-refractivity contribution in [1.82, 2.24) is 19.3 Å². The number of ether oxygens (including phenoxy) is 1. The third-order valence-corrected chi connectivity index (χ3v) is 7.92. The van der Waals surface area contributed by atoms with Crippen molar-refractivity contribution < 1.29 is 25.8 Å². The number of hydrogen-bond donors (Lipinski definition) is 0. The number of para-hydroxylation sites is 1. The predicted octanol–water partition coefficient (Wildman–Crippen LogP) is 9.16. The summed E-state index contributed by atoms with van der Waals surface area (Å²) in [5.74, 6) is 2.08. The molecule has 0 aliphatic carbocycles. The first-order valence-electron chi connectivity index (χ1n) is 14.8. The monoisotopic (exact) mass is 755 g/mol. The van der Waals surface area contributed by atoms with E-state index in [-0.39, 0.29) is 21.1 Å². The second kappa shape index (κ2) is 12.3. The summed E-state index contributed by atoms with van der Waals surface area (Å²) in [7, 11) is 0. The topological polar surface area (TPSA) is 44.9 Å². The molecular weight excluding hydrogens is 724 g/mol. The van der Waals surface area contributed by atoms with Crippen LogP contribution in [0.1, 0.15) is 36.4 Å². The molecule has 0 radical (unpaired) electrons. The summed E-state index contributed by atoms with van der Waals surface area (Å²) in [5, 5.41) is 7.31. The zero-order valence-corrected chi connectivity index (χ0v) is 27.4. The molecule has 44 heavy (non-hydrogen) atoms. The Balaban J connectivity index is 0.00000343. The summed E-state index contributed by atoms with van der Waals surface area (Å²) >= 11 is 0. The first-order chi connectivity index (χ1) is 21.0. The van der Waals surface area contributed by atoms with Crippen molar-refractivity contribution in [2.75, 3.05) is 0 Å². The molecule has 0 saturated heterocycles. The van der Waals surface area contributed by atoms with Gasteiger partial charge in [0.2, 0.25) is 0 Å². The molecule has 0 bridgehead atoms. The number of benzene rings is 4. The Labute approximate surface area is 272 Å². The summed E-state index contributed by atoms with van der Waals surface area (Å²) < 4.78 is 10.6. The van der Waals surface area contributed by atoms with Gasteiger partial charge in [0.25, 0.3) is 0 Å². The van der Waals surface area contributed by atoms with Crippen molar-refractivity contribution >= 4 is 21.8 Å². The molecule has 0 aliphatic heterocycles. The Morgan fingerprint density at radius 2 is 1.55 bits per heavy atom. The van der Waals surface area contributed by atoms with Gasteiger partial charge in [0.15, 0.2) is 0 Å². The van der Waals surface area contributed by atoms with Crippen LogP contribution in [0.2, 0.25) is 0 Å². The maximum absolute atomic E-state index is 6.41. The van der Waals surface area contributed by atoms with E-state index in [4.69, 9.17) is 9.84 Å². The number of fused-ring (bicyclic) bond motifs is 3. The standard InChI is InChI=1S/C38H32N4O.Pt/c1-5-33-38(27-12-9-11-25(3)21-27)34(6-2)42(40-33)28-13-10-14-29(23-28)43-30-17-18-32-31-15-7-8-16-35(31)41(36(32)24-30)37-22-26(4)19-20-39-37;/h7-22H,5-6H2,1-4H3;/q-2;+2. The van der Waals surface area contributed by atoms with Gasteiger partial charge in [0, 0.05) is 34.5 Å². The molecule has 3 heterocycles. The average molecular weight is 756 g/mol. The van der Waals surface area contributed by atoms with Crippen molar-refractivity contribution in [2.24, 2.45) is 0 Å². The van der Waals surface area contributed by atoms with Crippen LogP contribution in [0.4, 0.5) is 0 Å². The van der Waals surface area contributed by atoms with Crippen LogP contribution in [0.15, 0.2) is 97.2 Å². The molecule has 3 aromatic heterocycles. The van der Waals surface area contributed by atoms with Gasteiger partial charge >= 0.3 is 21.1 Å². The van der Waals surface area contributed by atoms with Gasteiger partial charge in [-0.05, 0) is 67.1 Å². The Hall–Kier alpha value is -4.47. The quantitative estimate of drug-likeness (QED) is 0.153. The zero-order valence-electron chi connectivity index (χ0n) is 25.2. The normalized spacial score (nSPS) is 11.2. The number of nitrogens with zero attached hydrogens (tertiary/aromatic N) is 4. The molecule has 5 nitrogen and oxygen atoms in total. The number of pyridine rings is 1. The van der Waals surface area contributed by atoms with Gasteiger partial charge in [0.05, 0.1) is 5.69 Å². The summed E-state index contributed by atoms with van der Waals surface area (Å²) in [6.45, 7) is 8.55. The summed E-state index contributed by atoms with van der Waals surface area (Å²) in [6, 6.07) is 38.2. The molecule has 0 amide bonds. The smallest absolute Gasteiger partial charge is 0.509 e. The van der Waals surface area contributed by atoms with Crippen LogP contribution in [0, 0.1) is 26.0 Å². The van der Waals surface area contributed by atoms with Crippen molar-refractivity contribution in [2.45, 2.75) is 40.5 Å². The first-order valence-corrected chi connectivity index (χ1v) is 14.8. The molecule has 7 rings (SSSR count). The minimum atomic E-state index is 0. The number of aryl methyl sites for hydroxylation is 3. The molecule has 0 N–H and O–H groups in total. The van der Waals surface area contributed by atoms with Crippen LogP contribution < -0.4 is 4.74 Å². The summed E-state index contributed by atoms with van der Waals surface area (Å²) in [5.41, 5.74) is 9.90. The molecule has 7 aromatic rings. The second-order valence-corrected chi connectivity index (χ2v) is 10.9. The van der Waals surface area contributed by atoms with Gasteiger partial charge in [-0.2, -0.15) is 17.2 Å². The van der Waals surface area contributed by atoms with E-state index >= 15 is 0 Å². The minimum Gasteiger partial charge on any atom is -0.509 e. The Morgan fingerprint density at radius 3 is 2.34 bits per heavy atom. The van der Waals surface area contributed by atoms with Crippen molar-refractivity contribution in [3.05, 3.63) is 132 Å². The zero-order chi connectivity index (χ0) is 29.5. The van der Waals surface area contributed by atoms with E-state index in [1.807, 2.05) is 41.2 Å². The molecular formula is C38H32N4OPt. The fourth-order valence-electron chi connectivity index (χ4n) is 5.96. The maximum Gasteiger partial charge on any atom is 2.00 e. The van der Waals surface area contributed by atoms with E-state index in [9.17, 15) is 0 Å². The van der Waals surface area contributed by atoms with Crippen molar-refractivity contribution in [3.8, 4) is 34.1 Å². The number of rotatable bonds is 7.